The Morgan fingerprint density at radius 1 is 0.765 bits per heavy atom. The molecule has 0 fully saturated rings. The minimum atomic E-state index is 0.535. The molecule has 0 aromatic carbocycles. The first kappa shape index (κ1) is 17.0. The van der Waals surface area contributed by atoms with Crippen molar-refractivity contribution in [3.63, 3.8) is 0 Å². The number of unbranched alkanes of at least 4 members (excludes halogenated alkanes) is 6. The van der Waals surface area contributed by atoms with Gasteiger partial charge in [-0.1, -0.05) is 72.1 Å². The summed E-state index contributed by atoms with van der Waals surface area (Å²) in [4.78, 5) is 0. The Bertz CT molecular complexity index is 148. The zero-order chi connectivity index (χ0) is 13.0. The SMILES string of the molecule is CCCCCCCCCC(C)(CCC)CNC. The van der Waals surface area contributed by atoms with Crippen LogP contribution in [0.3, 0.4) is 0 Å². The van der Waals surface area contributed by atoms with Crippen molar-refractivity contribution in [2.45, 2.75) is 85.0 Å². The van der Waals surface area contributed by atoms with Crippen LogP contribution in [0.25, 0.3) is 0 Å². The molecule has 1 heteroatoms. The third-order valence-electron chi connectivity index (χ3n) is 3.84. The second kappa shape index (κ2) is 11.1. The fraction of sp³-hybridized carbons (Fsp3) is 1.00. The molecule has 0 aromatic rings. The third kappa shape index (κ3) is 9.64. The van der Waals surface area contributed by atoms with Crippen LogP contribution in [0.15, 0.2) is 0 Å². The highest BCUT2D eigenvalue weighted by atomic mass is 14.8. The molecule has 0 radical (unpaired) electrons. The van der Waals surface area contributed by atoms with E-state index in [9.17, 15) is 0 Å². The number of hydrogen-bond acceptors (Lipinski definition) is 1. The monoisotopic (exact) mass is 241 g/mol. The van der Waals surface area contributed by atoms with Crippen LogP contribution >= 0.6 is 0 Å². The standard InChI is InChI=1S/C16H35N/c1-5-7-8-9-10-11-12-14-16(3,13-6-2)15-17-4/h17H,5-15H2,1-4H3. The molecule has 104 valence electrons. The fourth-order valence-corrected chi connectivity index (χ4v) is 2.84. The van der Waals surface area contributed by atoms with Crippen molar-refractivity contribution in [3.05, 3.63) is 0 Å². The van der Waals surface area contributed by atoms with Crippen LogP contribution in [0.1, 0.15) is 85.0 Å². The second-order valence-electron chi connectivity index (χ2n) is 5.96. The highest BCUT2D eigenvalue weighted by Crippen LogP contribution is 2.29. The maximum absolute atomic E-state index is 3.36. The van der Waals surface area contributed by atoms with Crippen molar-refractivity contribution in [1.82, 2.24) is 5.32 Å². The zero-order valence-corrected chi connectivity index (χ0v) is 12.8. The van der Waals surface area contributed by atoms with E-state index in [-0.39, 0.29) is 0 Å². The van der Waals surface area contributed by atoms with Gasteiger partial charge in [-0.25, -0.2) is 0 Å². The van der Waals surface area contributed by atoms with Crippen LogP contribution in [-0.2, 0) is 0 Å². The molecule has 1 atom stereocenters. The number of hydrogen-bond donors (Lipinski definition) is 1. The summed E-state index contributed by atoms with van der Waals surface area (Å²) in [5.74, 6) is 0. The molecule has 0 aliphatic heterocycles. The maximum atomic E-state index is 3.36. The highest BCUT2D eigenvalue weighted by molar-refractivity contribution is 4.75. The fourth-order valence-electron chi connectivity index (χ4n) is 2.84. The van der Waals surface area contributed by atoms with Crippen molar-refractivity contribution in [1.29, 1.82) is 0 Å². The van der Waals surface area contributed by atoms with E-state index < -0.39 is 0 Å². The first-order valence-electron chi connectivity index (χ1n) is 7.83. The molecule has 0 aliphatic rings. The van der Waals surface area contributed by atoms with E-state index in [1.165, 1.54) is 70.8 Å². The topological polar surface area (TPSA) is 12.0 Å². The molecule has 1 unspecified atom stereocenters. The van der Waals surface area contributed by atoms with Crippen LogP contribution in [0.5, 0.6) is 0 Å². The average molecular weight is 241 g/mol. The van der Waals surface area contributed by atoms with Crippen molar-refractivity contribution >= 4 is 0 Å². The second-order valence-corrected chi connectivity index (χ2v) is 5.96. The molecule has 1 N–H and O–H groups in total. The molecular formula is C16H35N. The minimum Gasteiger partial charge on any atom is -0.319 e. The van der Waals surface area contributed by atoms with Crippen molar-refractivity contribution < 1.29 is 0 Å². The molecule has 0 bridgehead atoms. The molecule has 0 amide bonds. The van der Waals surface area contributed by atoms with Gasteiger partial charge in [0.2, 0.25) is 0 Å². The molecule has 0 heterocycles. The number of nitrogens with one attached hydrogen (secondary N) is 1. The van der Waals surface area contributed by atoms with Gasteiger partial charge in [0, 0.05) is 6.54 Å². The van der Waals surface area contributed by atoms with Gasteiger partial charge in [0.15, 0.2) is 0 Å². The van der Waals surface area contributed by atoms with E-state index in [1.807, 2.05) is 0 Å². The van der Waals surface area contributed by atoms with Crippen molar-refractivity contribution in [2.24, 2.45) is 5.41 Å². The van der Waals surface area contributed by atoms with Crippen LogP contribution in [0, 0.1) is 5.41 Å². The Hall–Kier alpha value is -0.0400. The Kier molecular flexibility index (Phi) is 11.0. The summed E-state index contributed by atoms with van der Waals surface area (Å²) in [5.41, 5.74) is 0.535. The maximum Gasteiger partial charge on any atom is 0.000215 e. The van der Waals surface area contributed by atoms with Gasteiger partial charge in [-0.05, 0) is 25.3 Å². The lowest BCUT2D eigenvalue weighted by Gasteiger charge is -2.29. The quantitative estimate of drug-likeness (QED) is 0.466. The van der Waals surface area contributed by atoms with Gasteiger partial charge in [-0.3, -0.25) is 0 Å². The van der Waals surface area contributed by atoms with Gasteiger partial charge in [-0.2, -0.15) is 0 Å². The van der Waals surface area contributed by atoms with Crippen LogP contribution in [0.4, 0.5) is 0 Å². The first-order chi connectivity index (χ1) is 8.18. The summed E-state index contributed by atoms with van der Waals surface area (Å²) in [5, 5.41) is 3.36. The van der Waals surface area contributed by atoms with Gasteiger partial charge in [0.25, 0.3) is 0 Å². The lowest BCUT2D eigenvalue weighted by molar-refractivity contribution is 0.252. The highest BCUT2D eigenvalue weighted by Gasteiger charge is 2.21. The molecule has 17 heavy (non-hydrogen) atoms. The summed E-state index contributed by atoms with van der Waals surface area (Å²) >= 11 is 0. The Balaban J connectivity index is 3.54. The molecule has 0 aromatic heterocycles. The van der Waals surface area contributed by atoms with Gasteiger partial charge < -0.3 is 5.32 Å². The van der Waals surface area contributed by atoms with Crippen LogP contribution < -0.4 is 5.32 Å². The largest absolute Gasteiger partial charge is 0.319 e. The predicted octanol–water partition coefficient (Wildman–Crippen LogP) is 5.15. The molecule has 0 spiro atoms. The molecule has 0 rings (SSSR count). The van der Waals surface area contributed by atoms with Gasteiger partial charge in [0.05, 0.1) is 0 Å². The smallest absolute Gasteiger partial charge is 0.000215 e. The normalized spacial score (nSPS) is 14.8. The summed E-state index contributed by atoms with van der Waals surface area (Å²) in [6.07, 6.45) is 14.1. The Labute approximate surface area is 110 Å². The lowest BCUT2D eigenvalue weighted by Crippen LogP contribution is -2.29. The predicted molar refractivity (Wildman–Crippen MR) is 79.6 cm³/mol. The van der Waals surface area contributed by atoms with Crippen molar-refractivity contribution in [3.8, 4) is 0 Å². The molecule has 0 saturated carbocycles. The van der Waals surface area contributed by atoms with Crippen molar-refractivity contribution in [2.75, 3.05) is 13.6 Å². The zero-order valence-electron chi connectivity index (χ0n) is 12.8. The van der Waals surface area contributed by atoms with E-state index in [1.54, 1.807) is 0 Å². The Morgan fingerprint density at radius 2 is 1.35 bits per heavy atom. The van der Waals surface area contributed by atoms with E-state index in [2.05, 4.69) is 33.1 Å². The third-order valence-corrected chi connectivity index (χ3v) is 3.84. The molecule has 0 saturated heterocycles. The average Bonchev–Trinajstić information content (AvgIpc) is 2.28. The molecule has 0 aliphatic carbocycles. The first-order valence-corrected chi connectivity index (χ1v) is 7.83. The van der Waals surface area contributed by atoms with E-state index in [0.29, 0.717) is 5.41 Å². The van der Waals surface area contributed by atoms with Gasteiger partial charge in [-0.15, -0.1) is 0 Å². The Morgan fingerprint density at radius 3 is 1.88 bits per heavy atom. The molecule has 1 nitrogen and oxygen atoms in total. The van der Waals surface area contributed by atoms with Gasteiger partial charge in [0.1, 0.15) is 0 Å². The van der Waals surface area contributed by atoms with Crippen LogP contribution in [0.2, 0.25) is 0 Å². The summed E-state index contributed by atoms with van der Waals surface area (Å²) < 4.78 is 0. The van der Waals surface area contributed by atoms with Gasteiger partial charge >= 0.3 is 0 Å². The minimum absolute atomic E-state index is 0.535. The lowest BCUT2D eigenvalue weighted by atomic mass is 9.80. The van der Waals surface area contributed by atoms with E-state index in [4.69, 9.17) is 0 Å². The summed E-state index contributed by atoms with van der Waals surface area (Å²) in [6, 6.07) is 0. The summed E-state index contributed by atoms with van der Waals surface area (Å²) in [6.45, 7) is 8.22. The molecular weight excluding hydrogens is 206 g/mol. The van der Waals surface area contributed by atoms with Crippen LogP contribution in [-0.4, -0.2) is 13.6 Å². The summed E-state index contributed by atoms with van der Waals surface area (Å²) in [7, 11) is 2.08. The van der Waals surface area contributed by atoms with E-state index in [0.717, 1.165) is 0 Å². The number of rotatable bonds is 12. The van der Waals surface area contributed by atoms with E-state index >= 15 is 0 Å².